The van der Waals surface area contributed by atoms with Gasteiger partial charge in [0.2, 0.25) is 0 Å². The molecule has 0 spiro atoms. The Morgan fingerprint density at radius 2 is 1.55 bits per heavy atom. The van der Waals surface area contributed by atoms with Crippen molar-refractivity contribution >= 4 is 22.8 Å². The van der Waals surface area contributed by atoms with Crippen molar-refractivity contribution in [1.29, 1.82) is 0 Å². The topological polar surface area (TPSA) is 94.8 Å². The summed E-state index contributed by atoms with van der Waals surface area (Å²) in [5.74, 6) is -0.101. The molecule has 0 unspecified atom stereocenters. The highest BCUT2D eigenvalue weighted by Crippen LogP contribution is 2.32. The van der Waals surface area contributed by atoms with Gasteiger partial charge < -0.3 is 19.2 Å². The number of carbonyl (C=O) groups excluding carboxylic acids is 2. The van der Waals surface area contributed by atoms with E-state index in [0.717, 1.165) is 5.56 Å². The first-order chi connectivity index (χ1) is 18.1. The van der Waals surface area contributed by atoms with E-state index in [1.807, 2.05) is 56.3 Å². The molecule has 0 radical (unpaired) electrons. The predicted molar refractivity (Wildman–Crippen MR) is 146 cm³/mol. The van der Waals surface area contributed by atoms with Gasteiger partial charge in [0.25, 0.3) is 5.91 Å². The summed E-state index contributed by atoms with van der Waals surface area (Å²) < 4.78 is 16.3. The van der Waals surface area contributed by atoms with Crippen molar-refractivity contribution in [3.05, 3.63) is 106 Å². The maximum atomic E-state index is 12.4. The van der Waals surface area contributed by atoms with E-state index in [1.54, 1.807) is 12.1 Å². The van der Waals surface area contributed by atoms with E-state index in [4.69, 9.17) is 13.9 Å². The van der Waals surface area contributed by atoms with E-state index >= 15 is 0 Å². The standard InChI is InChI=1S/C31H31NO6/c1-20(2)18-32-29(34)26-16-21-10-13-25(17-27(21)38-30(26)35)37-28(33)19-36-24-14-11-23(12-15-24)31(3,4)22-8-6-5-7-9-22/h5-17,20H,18-19H2,1-4H3,(H,32,34). The molecule has 0 saturated carbocycles. The van der Waals surface area contributed by atoms with E-state index in [9.17, 15) is 14.4 Å². The van der Waals surface area contributed by atoms with Gasteiger partial charge in [-0.25, -0.2) is 9.59 Å². The molecule has 3 aromatic carbocycles. The second-order valence-electron chi connectivity index (χ2n) is 10.0. The molecule has 7 heteroatoms. The van der Waals surface area contributed by atoms with Crippen molar-refractivity contribution in [2.45, 2.75) is 33.1 Å². The van der Waals surface area contributed by atoms with Gasteiger partial charge in [-0.15, -0.1) is 0 Å². The molecule has 1 aromatic heterocycles. The van der Waals surface area contributed by atoms with Crippen LogP contribution in [0.5, 0.6) is 11.5 Å². The Kier molecular flexibility index (Phi) is 7.96. The van der Waals surface area contributed by atoms with Crippen LogP contribution in [0.15, 0.2) is 88.1 Å². The van der Waals surface area contributed by atoms with Crippen molar-refractivity contribution in [2.24, 2.45) is 5.92 Å². The van der Waals surface area contributed by atoms with Gasteiger partial charge in [0.1, 0.15) is 22.6 Å². The predicted octanol–water partition coefficient (Wildman–Crippen LogP) is 5.49. The number of hydrogen-bond donors (Lipinski definition) is 1. The first-order valence-electron chi connectivity index (χ1n) is 12.5. The van der Waals surface area contributed by atoms with Gasteiger partial charge in [0.15, 0.2) is 6.61 Å². The lowest BCUT2D eigenvalue weighted by atomic mass is 9.78. The van der Waals surface area contributed by atoms with Crippen LogP contribution in [0.1, 0.15) is 49.2 Å². The molecular formula is C31H31NO6. The first kappa shape index (κ1) is 26.7. The average Bonchev–Trinajstić information content (AvgIpc) is 2.91. The number of carbonyl (C=O) groups is 2. The van der Waals surface area contributed by atoms with E-state index in [-0.39, 0.29) is 34.8 Å². The normalized spacial score (nSPS) is 11.4. The number of rotatable bonds is 9. The number of benzene rings is 3. The van der Waals surface area contributed by atoms with E-state index < -0.39 is 17.5 Å². The molecule has 4 aromatic rings. The van der Waals surface area contributed by atoms with Crippen molar-refractivity contribution < 1.29 is 23.5 Å². The van der Waals surface area contributed by atoms with Crippen LogP contribution < -0.4 is 20.4 Å². The Hall–Kier alpha value is -4.39. The van der Waals surface area contributed by atoms with Crippen LogP contribution in [0.25, 0.3) is 11.0 Å². The number of amides is 1. The van der Waals surface area contributed by atoms with Crippen LogP contribution in [-0.2, 0) is 10.2 Å². The summed E-state index contributed by atoms with van der Waals surface area (Å²) in [4.78, 5) is 37.0. The third kappa shape index (κ3) is 6.29. The van der Waals surface area contributed by atoms with E-state index in [0.29, 0.717) is 17.7 Å². The van der Waals surface area contributed by atoms with Crippen LogP contribution in [0, 0.1) is 5.92 Å². The summed E-state index contributed by atoms with van der Waals surface area (Å²) in [5, 5.41) is 3.24. The van der Waals surface area contributed by atoms with E-state index in [2.05, 4.69) is 31.3 Å². The summed E-state index contributed by atoms with van der Waals surface area (Å²) in [6.45, 7) is 8.38. The van der Waals surface area contributed by atoms with Gasteiger partial charge >= 0.3 is 11.6 Å². The lowest BCUT2D eigenvalue weighted by Gasteiger charge is -2.26. The number of ether oxygens (including phenoxy) is 2. The smallest absolute Gasteiger partial charge is 0.349 e. The van der Waals surface area contributed by atoms with Gasteiger partial charge in [-0.3, -0.25) is 4.79 Å². The van der Waals surface area contributed by atoms with Crippen LogP contribution >= 0.6 is 0 Å². The molecule has 1 amide bonds. The van der Waals surface area contributed by atoms with Gasteiger partial charge in [-0.2, -0.15) is 0 Å². The summed E-state index contributed by atoms with van der Waals surface area (Å²) in [5.41, 5.74) is 1.52. The molecule has 1 heterocycles. The Bertz CT molecular complexity index is 1490. The largest absolute Gasteiger partial charge is 0.482 e. The monoisotopic (exact) mass is 513 g/mol. The zero-order valence-electron chi connectivity index (χ0n) is 21.9. The zero-order chi connectivity index (χ0) is 27.3. The van der Waals surface area contributed by atoms with Crippen LogP contribution in [0.4, 0.5) is 0 Å². The second kappa shape index (κ2) is 11.3. The number of hydrogen-bond acceptors (Lipinski definition) is 6. The van der Waals surface area contributed by atoms with Crippen LogP contribution in [-0.4, -0.2) is 25.0 Å². The van der Waals surface area contributed by atoms with Crippen molar-refractivity contribution in [3.8, 4) is 11.5 Å². The van der Waals surface area contributed by atoms with Crippen molar-refractivity contribution in [1.82, 2.24) is 5.32 Å². The Morgan fingerprint density at radius 3 is 2.24 bits per heavy atom. The van der Waals surface area contributed by atoms with Gasteiger partial charge in [-0.05, 0) is 47.4 Å². The molecule has 0 atom stereocenters. The summed E-state index contributed by atoms with van der Waals surface area (Å²) in [7, 11) is 0. The molecule has 0 fully saturated rings. The molecule has 4 rings (SSSR count). The molecule has 7 nitrogen and oxygen atoms in total. The minimum absolute atomic E-state index is 0.0746. The lowest BCUT2D eigenvalue weighted by Crippen LogP contribution is -2.31. The van der Waals surface area contributed by atoms with Gasteiger partial charge in [0.05, 0.1) is 0 Å². The quantitative estimate of drug-likeness (QED) is 0.181. The van der Waals surface area contributed by atoms with E-state index in [1.165, 1.54) is 17.7 Å². The molecule has 0 aliphatic heterocycles. The maximum Gasteiger partial charge on any atom is 0.349 e. The fraction of sp³-hybridized carbons (Fsp3) is 0.258. The minimum atomic E-state index is -0.760. The highest BCUT2D eigenvalue weighted by atomic mass is 16.6. The molecular weight excluding hydrogens is 482 g/mol. The molecule has 1 N–H and O–H groups in total. The SMILES string of the molecule is CC(C)CNC(=O)c1cc2ccc(OC(=O)COc3ccc(C(C)(C)c4ccccc4)cc3)cc2oc1=O. The number of fused-ring (bicyclic) bond motifs is 1. The first-order valence-corrected chi connectivity index (χ1v) is 12.5. The fourth-order valence-electron chi connectivity index (χ4n) is 4.00. The zero-order valence-corrected chi connectivity index (χ0v) is 21.9. The van der Waals surface area contributed by atoms with Crippen molar-refractivity contribution in [2.75, 3.05) is 13.2 Å². The summed E-state index contributed by atoms with van der Waals surface area (Å²) in [6, 6.07) is 23.9. The number of nitrogens with one attached hydrogen (secondary N) is 1. The third-order valence-electron chi connectivity index (χ3n) is 6.28. The van der Waals surface area contributed by atoms with Gasteiger partial charge in [0, 0.05) is 23.4 Å². The second-order valence-corrected chi connectivity index (χ2v) is 10.0. The Balaban J connectivity index is 1.37. The molecule has 0 saturated heterocycles. The van der Waals surface area contributed by atoms with Gasteiger partial charge in [-0.1, -0.05) is 70.2 Å². The average molecular weight is 514 g/mol. The third-order valence-corrected chi connectivity index (χ3v) is 6.28. The fourth-order valence-corrected chi connectivity index (χ4v) is 4.00. The number of esters is 1. The molecule has 196 valence electrons. The highest BCUT2D eigenvalue weighted by Gasteiger charge is 2.22. The Morgan fingerprint density at radius 1 is 0.895 bits per heavy atom. The minimum Gasteiger partial charge on any atom is -0.482 e. The summed E-state index contributed by atoms with van der Waals surface area (Å²) >= 11 is 0. The maximum absolute atomic E-state index is 12.4. The van der Waals surface area contributed by atoms with Crippen LogP contribution in [0.3, 0.4) is 0 Å². The Labute approximate surface area is 221 Å². The van der Waals surface area contributed by atoms with Crippen LogP contribution in [0.2, 0.25) is 0 Å². The molecule has 0 aliphatic carbocycles. The molecule has 0 bridgehead atoms. The molecule has 0 aliphatic rings. The summed E-state index contributed by atoms with van der Waals surface area (Å²) in [6.07, 6.45) is 0. The molecule has 38 heavy (non-hydrogen) atoms. The highest BCUT2D eigenvalue weighted by molar-refractivity contribution is 5.96. The lowest BCUT2D eigenvalue weighted by molar-refractivity contribution is -0.136. The van der Waals surface area contributed by atoms with Crippen molar-refractivity contribution in [3.63, 3.8) is 0 Å².